The summed E-state index contributed by atoms with van der Waals surface area (Å²) in [6, 6.07) is 1.79. The lowest BCUT2D eigenvalue weighted by molar-refractivity contribution is -0.114. The van der Waals surface area contributed by atoms with Gasteiger partial charge in [-0.15, -0.1) is 0 Å². The maximum Gasteiger partial charge on any atom is 0.222 e. The van der Waals surface area contributed by atoms with Crippen molar-refractivity contribution in [2.45, 2.75) is 20.5 Å². The van der Waals surface area contributed by atoms with E-state index in [1.165, 1.54) is 13.1 Å². The van der Waals surface area contributed by atoms with Crippen molar-refractivity contribution in [1.29, 1.82) is 0 Å². The molecule has 2 N–H and O–H groups in total. The molecule has 0 saturated heterocycles. The number of aromatic nitrogens is 1. The molecule has 1 amide bonds. The highest BCUT2D eigenvalue weighted by atomic mass is 16.3. The summed E-state index contributed by atoms with van der Waals surface area (Å²) in [5.74, 6) is 0.400. The van der Waals surface area contributed by atoms with Crippen LogP contribution in [0.3, 0.4) is 0 Å². The quantitative estimate of drug-likeness (QED) is 0.709. The van der Waals surface area contributed by atoms with Crippen molar-refractivity contribution in [3.05, 3.63) is 23.4 Å². The monoisotopic (exact) mass is 180 g/mol. The zero-order valence-corrected chi connectivity index (χ0v) is 7.66. The van der Waals surface area contributed by atoms with Crippen molar-refractivity contribution in [3.63, 3.8) is 0 Å². The molecule has 0 atom stereocenters. The topological polar surface area (TPSA) is 62.2 Å². The Morgan fingerprint density at radius 2 is 2.38 bits per heavy atom. The molecule has 1 aromatic heterocycles. The Kier molecular flexibility index (Phi) is 2.97. The number of nitrogens with one attached hydrogen (secondary N) is 1. The Morgan fingerprint density at radius 3 is 2.85 bits per heavy atom. The molecule has 0 aliphatic rings. The van der Waals surface area contributed by atoms with Gasteiger partial charge in [0.2, 0.25) is 5.91 Å². The second-order valence-corrected chi connectivity index (χ2v) is 2.85. The third-order valence-corrected chi connectivity index (χ3v) is 1.61. The van der Waals surface area contributed by atoms with Crippen LogP contribution >= 0.6 is 0 Å². The maximum atomic E-state index is 10.7. The number of pyridine rings is 1. The number of aliphatic hydroxyl groups excluding tert-OH is 1. The zero-order chi connectivity index (χ0) is 9.84. The fourth-order valence-electron chi connectivity index (χ4n) is 1.02. The number of carbonyl (C=O) groups excluding carboxylic acids is 1. The van der Waals surface area contributed by atoms with Gasteiger partial charge in [0.15, 0.2) is 0 Å². The summed E-state index contributed by atoms with van der Waals surface area (Å²) in [6.07, 6.45) is 1.54. The number of hydrogen-bond acceptors (Lipinski definition) is 3. The average molecular weight is 180 g/mol. The Hall–Kier alpha value is -1.42. The van der Waals surface area contributed by atoms with Crippen molar-refractivity contribution >= 4 is 11.7 Å². The first kappa shape index (κ1) is 9.67. The predicted molar refractivity (Wildman–Crippen MR) is 49.2 cm³/mol. The van der Waals surface area contributed by atoms with E-state index in [1.54, 1.807) is 6.07 Å². The van der Waals surface area contributed by atoms with Gasteiger partial charge in [0.1, 0.15) is 5.82 Å². The smallest absolute Gasteiger partial charge is 0.222 e. The lowest BCUT2D eigenvalue weighted by Crippen LogP contribution is -2.09. The lowest BCUT2D eigenvalue weighted by atomic mass is 10.2. The normalized spacial score (nSPS) is 9.77. The molecule has 0 saturated carbocycles. The van der Waals surface area contributed by atoms with Crippen molar-refractivity contribution in [3.8, 4) is 0 Å². The van der Waals surface area contributed by atoms with Crippen molar-refractivity contribution in [2.75, 3.05) is 5.32 Å². The second-order valence-electron chi connectivity index (χ2n) is 2.85. The third kappa shape index (κ3) is 2.52. The van der Waals surface area contributed by atoms with Crippen molar-refractivity contribution in [2.24, 2.45) is 0 Å². The van der Waals surface area contributed by atoms with Gasteiger partial charge in [0, 0.05) is 13.1 Å². The van der Waals surface area contributed by atoms with Crippen LogP contribution in [-0.4, -0.2) is 16.0 Å². The Morgan fingerprint density at radius 1 is 1.69 bits per heavy atom. The number of amides is 1. The first-order valence-corrected chi connectivity index (χ1v) is 3.97. The SMILES string of the molecule is CC(=O)Nc1ncc(CO)cc1C. The molecule has 1 heterocycles. The van der Waals surface area contributed by atoms with Gasteiger partial charge in [-0.2, -0.15) is 0 Å². The molecule has 0 radical (unpaired) electrons. The fraction of sp³-hybridized carbons (Fsp3) is 0.333. The average Bonchev–Trinajstić information content (AvgIpc) is 2.08. The van der Waals surface area contributed by atoms with Crippen LogP contribution in [0.2, 0.25) is 0 Å². The molecule has 0 bridgehead atoms. The van der Waals surface area contributed by atoms with Crippen molar-refractivity contribution < 1.29 is 9.90 Å². The van der Waals surface area contributed by atoms with Gasteiger partial charge in [-0.1, -0.05) is 0 Å². The Balaban J connectivity index is 2.91. The van der Waals surface area contributed by atoms with Crippen molar-refractivity contribution in [1.82, 2.24) is 4.98 Å². The number of nitrogens with zero attached hydrogens (tertiary/aromatic N) is 1. The van der Waals surface area contributed by atoms with Crippen LogP contribution in [-0.2, 0) is 11.4 Å². The van der Waals surface area contributed by atoms with E-state index in [0.717, 1.165) is 11.1 Å². The van der Waals surface area contributed by atoms with Gasteiger partial charge in [-0.25, -0.2) is 4.98 Å². The van der Waals surface area contributed by atoms with Gasteiger partial charge in [0.05, 0.1) is 6.61 Å². The van der Waals surface area contributed by atoms with E-state index in [1.807, 2.05) is 6.92 Å². The minimum Gasteiger partial charge on any atom is -0.392 e. The van der Waals surface area contributed by atoms with Gasteiger partial charge >= 0.3 is 0 Å². The maximum absolute atomic E-state index is 10.7. The van der Waals surface area contributed by atoms with Gasteiger partial charge < -0.3 is 10.4 Å². The number of aryl methyl sites for hydroxylation is 1. The van der Waals surface area contributed by atoms with Crippen LogP contribution in [0.25, 0.3) is 0 Å². The van der Waals surface area contributed by atoms with Crippen LogP contribution in [0.15, 0.2) is 12.3 Å². The summed E-state index contributed by atoms with van der Waals surface area (Å²) in [6.45, 7) is 3.23. The second kappa shape index (κ2) is 4.00. The number of anilines is 1. The number of aliphatic hydroxyl groups is 1. The predicted octanol–water partition coefficient (Wildman–Crippen LogP) is 0.841. The van der Waals surface area contributed by atoms with Crippen LogP contribution in [0.5, 0.6) is 0 Å². The van der Waals surface area contributed by atoms with Crippen LogP contribution in [0.4, 0.5) is 5.82 Å². The Labute approximate surface area is 76.6 Å². The summed E-state index contributed by atoms with van der Waals surface area (Å²) in [4.78, 5) is 14.7. The highest BCUT2D eigenvalue weighted by Gasteiger charge is 2.02. The van der Waals surface area contributed by atoms with Crippen LogP contribution < -0.4 is 5.32 Å². The molecule has 0 spiro atoms. The molecule has 0 fully saturated rings. The molecule has 0 unspecified atom stereocenters. The van der Waals surface area contributed by atoms with E-state index in [-0.39, 0.29) is 12.5 Å². The lowest BCUT2D eigenvalue weighted by Gasteiger charge is -2.05. The fourth-order valence-corrected chi connectivity index (χ4v) is 1.02. The Bertz CT molecular complexity index is 323. The summed E-state index contributed by atoms with van der Waals surface area (Å²) in [5, 5.41) is 11.4. The standard InChI is InChI=1S/C9H12N2O2/c1-6-3-8(5-12)4-10-9(6)11-7(2)13/h3-4,12H,5H2,1-2H3,(H,10,11,13). The van der Waals surface area contributed by atoms with E-state index >= 15 is 0 Å². The number of carbonyl (C=O) groups is 1. The van der Waals surface area contributed by atoms with E-state index < -0.39 is 0 Å². The summed E-state index contributed by atoms with van der Waals surface area (Å²) >= 11 is 0. The summed E-state index contributed by atoms with van der Waals surface area (Å²) in [7, 11) is 0. The van der Waals surface area contributed by atoms with Gasteiger partial charge in [-0.05, 0) is 24.1 Å². The molecule has 0 aliphatic heterocycles. The number of rotatable bonds is 2. The molecule has 0 aromatic carbocycles. The van der Waals surface area contributed by atoms with Gasteiger partial charge in [0.25, 0.3) is 0 Å². The minimum absolute atomic E-state index is 0.0335. The van der Waals surface area contributed by atoms with E-state index in [4.69, 9.17) is 5.11 Å². The molecular formula is C9H12N2O2. The molecule has 70 valence electrons. The summed E-state index contributed by atoms with van der Waals surface area (Å²) in [5.41, 5.74) is 1.59. The molecule has 1 aromatic rings. The minimum atomic E-state index is -0.146. The van der Waals surface area contributed by atoms with Crippen LogP contribution in [0, 0.1) is 6.92 Å². The molecule has 4 heteroatoms. The summed E-state index contributed by atoms with van der Waals surface area (Å²) < 4.78 is 0. The highest BCUT2D eigenvalue weighted by Crippen LogP contribution is 2.12. The highest BCUT2D eigenvalue weighted by molar-refractivity contribution is 5.88. The van der Waals surface area contributed by atoms with E-state index in [2.05, 4.69) is 10.3 Å². The van der Waals surface area contributed by atoms with Crippen LogP contribution in [0.1, 0.15) is 18.1 Å². The van der Waals surface area contributed by atoms with E-state index in [9.17, 15) is 4.79 Å². The first-order valence-electron chi connectivity index (χ1n) is 3.97. The molecule has 0 aliphatic carbocycles. The molecular weight excluding hydrogens is 168 g/mol. The molecule has 1 rings (SSSR count). The third-order valence-electron chi connectivity index (χ3n) is 1.61. The van der Waals surface area contributed by atoms with E-state index in [0.29, 0.717) is 5.82 Å². The first-order chi connectivity index (χ1) is 6.13. The molecule has 4 nitrogen and oxygen atoms in total. The number of hydrogen-bond donors (Lipinski definition) is 2. The largest absolute Gasteiger partial charge is 0.392 e. The van der Waals surface area contributed by atoms with Gasteiger partial charge in [-0.3, -0.25) is 4.79 Å². The zero-order valence-electron chi connectivity index (χ0n) is 7.66. The molecule has 13 heavy (non-hydrogen) atoms.